The van der Waals surface area contributed by atoms with E-state index in [4.69, 9.17) is 14.5 Å². The molecule has 1 fully saturated rings. The SMILES string of the molecule is CC(C)c1nc2c(c3c1C(c1ccc(C(F)(F)F)cc1)OC31CCOCC1)C(O)CC(C)(C)C2O. The van der Waals surface area contributed by atoms with E-state index in [9.17, 15) is 23.4 Å². The molecule has 5 nitrogen and oxygen atoms in total. The zero-order valence-corrected chi connectivity index (χ0v) is 20.4. The van der Waals surface area contributed by atoms with Gasteiger partial charge in [-0.15, -0.1) is 0 Å². The van der Waals surface area contributed by atoms with Gasteiger partial charge in [-0.25, -0.2) is 0 Å². The van der Waals surface area contributed by atoms with E-state index >= 15 is 0 Å². The van der Waals surface area contributed by atoms with Crippen LogP contribution < -0.4 is 0 Å². The van der Waals surface area contributed by atoms with Crippen LogP contribution in [-0.2, 0) is 21.3 Å². The third-order valence-corrected chi connectivity index (χ3v) is 7.83. The number of hydrogen-bond acceptors (Lipinski definition) is 5. The Labute approximate surface area is 203 Å². The van der Waals surface area contributed by atoms with E-state index in [1.165, 1.54) is 12.1 Å². The number of aromatic nitrogens is 1. The lowest BCUT2D eigenvalue weighted by Gasteiger charge is -2.42. The van der Waals surface area contributed by atoms with E-state index in [0.717, 1.165) is 29.0 Å². The van der Waals surface area contributed by atoms with Crippen LogP contribution in [0.1, 0.15) is 110 Å². The maximum absolute atomic E-state index is 13.2. The largest absolute Gasteiger partial charge is 0.416 e. The highest BCUT2D eigenvalue weighted by Gasteiger charge is 2.53. The molecule has 2 N–H and O–H groups in total. The number of alkyl halides is 3. The van der Waals surface area contributed by atoms with Crippen molar-refractivity contribution < 1.29 is 32.9 Å². The van der Waals surface area contributed by atoms with Crippen LogP contribution in [0, 0.1) is 5.41 Å². The minimum absolute atomic E-state index is 0.0287. The van der Waals surface area contributed by atoms with Crippen LogP contribution in [0.5, 0.6) is 0 Å². The van der Waals surface area contributed by atoms with Crippen LogP contribution in [0.4, 0.5) is 13.2 Å². The zero-order valence-electron chi connectivity index (χ0n) is 20.4. The maximum Gasteiger partial charge on any atom is 0.416 e. The molecule has 8 heteroatoms. The molecule has 0 radical (unpaired) electrons. The first-order valence-electron chi connectivity index (χ1n) is 12.2. The number of pyridine rings is 1. The number of hydrogen-bond donors (Lipinski definition) is 2. The van der Waals surface area contributed by atoms with Gasteiger partial charge >= 0.3 is 6.18 Å². The third-order valence-electron chi connectivity index (χ3n) is 7.83. The van der Waals surface area contributed by atoms with Crippen molar-refractivity contribution in [3.05, 3.63) is 63.5 Å². The zero-order chi connectivity index (χ0) is 25.3. The normalized spacial score (nSPS) is 27.2. The predicted octanol–water partition coefficient (Wildman–Crippen LogP) is 5.85. The molecule has 1 aliphatic carbocycles. The molecule has 1 aromatic carbocycles. The predicted molar refractivity (Wildman–Crippen MR) is 123 cm³/mol. The molecule has 5 rings (SSSR count). The Bertz CT molecular complexity index is 1120. The smallest absolute Gasteiger partial charge is 0.388 e. The first-order chi connectivity index (χ1) is 16.4. The van der Waals surface area contributed by atoms with E-state index in [1.54, 1.807) is 0 Å². The number of aliphatic hydroxyl groups excluding tert-OH is 2. The molecule has 0 bridgehead atoms. The number of aliphatic hydroxyl groups is 2. The Morgan fingerprint density at radius 1 is 1.03 bits per heavy atom. The molecule has 1 saturated heterocycles. The first kappa shape index (κ1) is 24.7. The van der Waals surface area contributed by atoms with E-state index in [-0.39, 0.29) is 5.92 Å². The van der Waals surface area contributed by atoms with Crippen molar-refractivity contribution in [2.45, 2.75) is 83.0 Å². The van der Waals surface area contributed by atoms with Gasteiger partial charge in [-0.3, -0.25) is 4.98 Å². The van der Waals surface area contributed by atoms with E-state index in [1.807, 2.05) is 27.7 Å². The standard InChI is InChI=1S/C27H32F3NO4/c1-14(2)21-19-20(18-17(32)13-25(3,4)24(33)22(18)31-21)26(9-11-34-12-10-26)35-23(19)15-5-7-16(8-6-15)27(28,29)30/h5-8,14,17,23-24,32-33H,9-13H2,1-4H3. The van der Waals surface area contributed by atoms with Gasteiger partial charge in [0.25, 0.3) is 0 Å². The van der Waals surface area contributed by atoms with Crippen LogP contribution in [0.2, 0.25) is 0 Å². The second kappa shape index (κ2) is 8.26. The van der Waals surface area contributed by atoms with Crippen molar-refractivity contribution in [2.75, 3.05) is 13.2 Å². The molecule has 1 aromatic heterocycles. The summed E-state index contributed by atoms with van der Waals surface area (Å²) in [5.74, 6) is -0.0287. The van der Waals surface area contributed by atoms with E-state index in [0.29, 0.717) is 49.3 Å². The molecular weight excluding hydrogens is 459 g/mol. The average Bonchev–Trinajstić information content (AvgIpc) is 3.10. The summed E-state index contributed by atoms with van der Waals surface area (Å²) >= 11 is 0. The Kier molecular flexibility index (Phi) is 5.83. The fourth-order valence-electron chi connectivity index (χ4n) is 5.97. The van der Waals surface area contributed by atoms with Crippen LogP contribution in [0.15, 0.2) is 24.3 Å². The topological polar surface area (TPSA) is 71.8 Å². The Morgan fingerprint density at radius 2 is 1.66 bits per heavy atom. The van der Waals surface area contributed by atoms with Crippen molar-refractivity contribution >= 4 is 0 Å². The van der Waals surface area contributed by atoms with E-state index < -0.39 is 41.1 Å². The second-order valence-electron chi connectivity index (χ2n) is 11.1. The molecule has 1 spiro atoms. The van der Waals surface area contributed by atoms with Crippen molar-refractivity contribution in [3.63, 3.8) is 0 Å². The summed E-state index contributed by atoms with van der Waals surface area (Å²) in [4.78, 5) is 4.92. The van der Waals surface area contributed by atoms with E-state index in [2.05, 4.69) is 0 Å². The van der Waals surface area contributed by atoms with Gasteiger partial charge in [-0.05, 0) is 41.0 Å². The molecule has 3 unspecified atom stereocenters. The minimum atomic E-state index is -4.42. The summed E-state index contributed by atoms with van der Waals surface area (Å²) in [5.41, 5.74) is 2.08. The lowest BCUT2D eigenvalue weighted by molar-refractivity contribution is -0.137. The summed E-state index contributed by atoms with van der Waals surface area (Å²) in [5, 5.41) is 22.6. The number of benzene rings is 1. The Balaban J connectivity index is 1.76. The van der Waals surface area contributed by atoms with Crippen molar-refractivity contribution in [1.29, 1.82) is 0 Å². The summed E-state index contributed by atoms with van der Waals surface area (Å²) < 4.78 is 52.1. The summed E-state index contributed by atoms with van der Waals surface area (Å²) in [6.45, 7) is 8.78. The van der Waals surface area contributed by atoms with Crippen molar-refractivity contribution in [2.24, 2.45) is 5.41 Å². The van der Waals surface area contributed by atoms with Crippen LogP contribution in [0.25, 0.3) is 0 Å². The second-order valence-corrected chi connectivity index (χ2v) is 11.1. The molecule has 3 atom stereocenters. The van der Waals surface area contributed by atoms with Gasteiger partial charge in [-0.1, -0.05) is 39.8 Å². The molecule has 190 valence electrons. The van der Waals surface area contributed by atoms with Crippen molar-refractivity contribution in [1.82, 2.24) is 4.98 Å². The molecular formula is C27H32F3NO4. The third kappa shape index (κ3) is 3.89. The summed E-state index contributed by atoms with van der Waals surface area (Å²) in [6, 6.07) is 5.09. The Morgan fingerprint density at radius 3 is 2.23 bits per heavy atom. The minimum Gasteiger partial charge on any atom is -0.388 e. The lowest BCUT2D eigenvalue weighted by atomic mass is 9.68. The molecule has 35 heavy (non-hydrogen) atoms. The first-order valence-corrected chi connectivity index (χ1v) is 12.2. The Hall–Kier alpha value is -2.00. The van der Waals surface area contributed by atoms with Crippen molar-refractivity contribution in [3.8, 4) is 0 Å². The van der Waals surface area contributed by atoms with Crippen LogP contribution >= 0.6 is 0 Å². The van der Waals surface area contributed by atoms with Crippen LogP contribution in [-0.4, -0.2) is 28.4 Å². The highest BCUT2D eigenvalue weighted by molar-refractivity contribution is 5.55. The van der Waals surface area contributed by atoms with Gasteiger partial charge in [0.2, 0.25) is 0 Å². The highest BCUT2D eigenvalue weighted by Crippen LogP contribution is 2.59. The van der Waals surface area contributed by atoms with Gasteiger partial charge in [-0.2, -0.15) is 13.2 Å². The number of fused-ring (bicyclic) bond motifs is 4. The number of rotatable bonds is 2. The van der Waals surface area contributed by atoms with Gasteiger partial charge in [0.15, 0.2) is 0 Å². The van der Waals surface area contributed by atoms with Gasteiger partial charge in [0, 0.05) is 42.9 Å². The number of halogens is 3. The average molecular weight is 492 g/mol. The quantitative estimate of drug-likeness (QED) is 0.552. The van der Waals surface area contributed by atoms with Gasteiger partial charge in [0.05, 0.1) is 23.0 Å². The molecule has 3 aliphatic rings. The molecule has 0 saturated carbocycles. The van der Waals surface area contributed by atoms with Gasteiger partial charge < -0.3 is 19.7 Å². The molecule has 3 heterocycles. The summed E-state index contributed by atoms with van der Waals surface area (Å²) in [7, 11) is 0. The highest BCUT2D eigenvalue weighted by atomic mass is 19.4. The fraction of sp³-hybridized carbons (Fsp3) is 0.593. The lowest BCUT2D eigenvalue weighted by Crippen LogP contribution is -2.38. The monoisotopic (exact) mass is 491 g/mol. The molecule has 2 aliphatic heterocycles. The van der Waals surface area contributed by atoms with Gasteiger partial charge in [0.1, 0.15) is 12.2 Å². The number of nitrogens with zero attached hydrogens (tertiary/aromatic N) is 1. The molecule has 2 aromatic rings. The summed E-state index contributed by atoms with van der Waals surface area (Å²) in [6.07, 6.45) is -5.26. The fourth-order valence-corrected chi connectivity index (χ4v) is 5.97. The van der Waals surface area contributed by atoms with Crippen LogP contribution in [0.3, 0.4) is 0 Å². The number of ether oxygens (including phenoxy) is 2. The molecule has 0 amide bonds. The maximum atomic E-state index is 13.2.